The lowest BCUT2D eigenvalue weighted by Crippen LogP contribution is -2.23. The Morgan fingerprint density at radius 3 is 2.71 bits per heavy atom. The van der Waals surface area contributed by atoms with Crippen LogP contribution >= 0.6 is 33.2 Å². The summed E-state index contributed by atoms with van der Waals surface area (Å²) >= 11 is 5.18. The Kier molecular flexibility index (Phi) is 6.76. The molecule has 0 aliphatic carbocycles. The minimum absolute atomic E-state index is 0.0359. The van der Waals surface area contributed by atoms with E-state index in [2.05, 4.69) is 4.98 Å². The van der Waals surface area contributed by atoms with Gasteiger partial charge in [0.2, 0.25) is 0 Å². The first kappa shape index (κ1) is 18.1. The summed E-state index contributed by atoms with van der Waals surface area (Å²) in [6.45, 7) is 5.79. The molecule has 0 saturated heterocycles. The first-order valence-electron chi connectivity index (χ1n) is 6.02. The number of nitro groups is 1. The third-order valence-corrected chi connectivity index (χ3v) is 5.68. The van der Waals surface area contributed by atoms with E-state index in [9.17, 15) is 14.9 Å². The van der Waals surface area contributed by atoms with E-state index >= 15 is 0 Å². The second-order valence-corrected chi connectivity index (χ2v) is 8.07. The van der Waals surface area contributed by atoms with Gasteiger partial charge in [-0.05, 0) is 44.1 Å². The molecule has 1 unspecified atom stereocenters. The van der Waals surface area contributed by atoms with Crippen molar-refractivity contribution in [3.8, 4) is 0 Å². The molecular formula is C12H15ClN2O4S2. The molecule has 0 N–H and O–H groups in total. The van der Waals surface area contributed by atoms with Crippen LogP contribution in [0.4, 0.5) is 10.5 Å². The van der Waals surface area contributed by atoms with Crippen molar-refractivity contribution >= 4 is 44.3 Å². The van der Waals surface area contributed by atoms with Crippen molar-refractivity contribution in [2.24, 2.45) is 0 Å². The van der Waals surface area contributed by atoms with E-state index in [1.54, 1.807) is 23.8 Å². The fourth-order valence-electron chi connectivity index (χ4n) is 1.61. The van der Waals surface area contributed by atoms with Crippen LogP contribution in [0.5, 0.6) is 0 Å². The number of rotatable bonds is 7. The standard InChI is InChI=1S/C12H15ClN2O4S2/c1-8(19-11(13)16)6-12(2,3)21-20-10-5-4-9(7-14-10)15(17)18/h4-5,7-8H,6H2,1-3H3. The summed E-state index contributed by atoms with van der Waals surface area (Å²) in [4.78, 5) is 24.8. The normalized spacial score (nSPS) is 12.8. The average Bonchev–Trinajstić information content (AvgIpc) is 2.35. The third kappa shape index (κ3) is 7.01. The molecule has 6 nitrogen and oxygen atoms in total. The number of pyridine rings is 1. The van der Waals surface area contributed by atoms with Crippen LogP contribution in [-0.2, 0) is 4.74 Å². The minimum Gasteiger partial charge on any atom is -0.451 e. The number of ether oxygens (including phenoxy) is 1. The molecule has 1 rings (SSSR count). The van der Waals surface area contributed by atoms with E-state index in [4.69, 9.17) is 16.3 Å². The molecule has 116 valence electrons. The monoisotopic (exact) mass is 350 g/mol. The number of carbonyl (C=O) groups excluding carboxylic acids is 1. The molecule has 21 heavy (non-hydrogen) atoms. The van der Waals surface area contributed by atoms with Crippen molar-refractivity contribution in [2.75, 3.05) is 0 Å². The van der Waals surface area contributed by atoms with E-state index in [1.807, 2.05) is 13.8 Å². The van der Waals surface area contributed by atoms with Gasteiger partial charge in [-0.25, -0.2) is 9.78 Å². The van der Waals surface area contributed by atoms with Crippen LogP contribution in [0.2, 0.25) is 0 Å². The van der Waals surface area contributed by atoms with Gasteiger partial charge in [0.15, 0.2) is 0 Å². The molecule has 1 heterocycles. The molecular weight excluding hydrogens is 336 g/mol. The van der Waals surface area contributed by atoms with E-state index < -0.39 is 10.4 Å². The molecule has 1 aromatic rings. The Bertz CT molecular complexity index is 510. The van der Waals surface area contributed by atoms with E-state index in [0.717, 1.165) is 0 Å². The summed E-state index contributed by atoms with van der Waals surface area (Å²) in [5, 5.41) is 11.2. The maximum atomic E-state index is 10.7. The van der Waals surface area contributed by atoms with Crippen LogP contribution in [0, 0.1) is 10.1 Å². The van der Waals surface area contributed by atoms with Crippen LogP contribution in [0.3, 0.4) is 0 Å². The Balaban J connectivity index is 2.52. The van der Waals surface area contributed by atoms with E-state index in [1.165, 1.54) is 23.1 Å². The van der Waals surface area contributed by atoms with Gasteiger partial charge in [0.1, 0.15) is 17.3 Å². The number of hydrogen-bond acceptors (Lipinski definition) is 7. The zero-order valence-electron chi connectivity index (χ0n) is 11.7. The SMILES string of the molecule is CC(CC(C)(C)SSc1ccc([N+](=O)[O-])cn1)OC(=O)Cl. The van der Waals surface area contributed by atoms with Gasteiger partial charge in [0.05, 0.1) is 4.92 Å². The summed E-state index contributed by atoms with van der Waals surface area (Å²) in [5.74, 6) is 0. The van der Waals surface area contributed by atoms with Crippen molar-refractivity contribution in [1.82, 2.24) is 4.98 Å². The average molecular weight is 351 g/mol. The molecule has 9 heteroatoms. The molecule has 0 bridgehead atoms. The van der Waals surface area contributed by atoms with Gasteiger partial charge in [-0.3, -0.25) is 10.1 Å². The summed E-state index contributed by atoms with van der Waals surface area (Å²) in [6.07, 6.45) is 1.56. The molecule has 0 aromatic carbocycles. The summed E-state index contributed by atoms with van der Waals surface area (Å²) in [7, 11) is 2.97. The third-order valence-electron chi connectivity index (χ3n) is 2.36. The highest BCUT2D eigenvalue weighted by atomic mass is 35.5. The first-order valence-corrected chi connectivity index (χ1v) is 8.54. The predicted octanol–water partition coefficient (Wildman–Crippen LogP) is 4.66. The summed E-state index contributed by atoms with van der Waals surface area (Å²) in [5.41, 5.74) is -0.848. The lowest BCUT2D eigenvalue weighted by Gasteiger charge is -2.25. The number of aromatic nitrogens is 1. The topological polar surface area (TPSA) is 82.3 Å². The van der Waals surface area contributed by atoms with Gasteiger partial charge in [0, 0.05) is 22.4 Å². The highest BCUT2D eigenvalue weighted by Crippen LogP contribution is 2.42. The van der Waals surface area contributed by atoms with Gasteiger partial charge in [-0.1, -0.05) is 10.8 Å². The van der Waals surface area contributed by atoms with Gasteiger partial charge < -0.3 is 4.74 Å². The Morgan fingerprint density at radius 2 is 2.24 bits per heavy atom. The van der Waals surface area contributed by atoms with Crippen molar-refractivity contribution < 1.29 is 14.5 Å². The Labute approximate surface area is 135 Å². The van der Waals surface area contributed by atoms with Gasteiger partial charge in [-0.2, -0.15) is 0 Å². The van der Waals surface area contributed by atoms with Crippen molar-refractivity contribution in [3.05, 3.63) is 28.4 Å². The maximum absolute atomic E-state index is 10.7. The molecule has 0 fully saturated rings. The Hall–Kier alpha value is -0.990. The van der Waals surface area contributed by atoms with Crippen LogP contribution in [-0.4, -0.2) is 26.2 Å². The highest BCUT2D eigenvalue weighted by Gasteiger charge is 2.24. The van der Waals surface area contributed by atoms with E-state index in [-0.39, 0.29) is 16.5 Å². The van der Waals surface area contributed by atoms with Crippen LogP contribution < -0.4 is 0 Å². The smallest absolute Gasteiger partial charge is 0.404 e. The first-order chi connectivity index (χ1) is 9.69. The maximum Gasteiger partial charge on any atom is 0.404 e. The number of carbonyl (C=O) groups is 1. The molecule has 0 aliphatic rings. The van der Waals surface area contributed by atoms with Crippen LogP contribution in [0.1, 0.15) is 27.2 Å². The molecule has 1 atom stereocenters. The lowest BCUT2D eigenvalue weighted by molar-refractivity contribution is -0.385. The molecule has 0 saturated carbocycles. The fraction of sp³-hybridized carbons (Fsp3) is 0.500. The molecule has 0 aliphatic heterocycles. The summed E-state index contributed by atoms with van der Waals surface area (Å²) < 4.78 is 4.71. The van der Waals surface area contributed by atoms with E-state index in [0.29, 0.717) is 11.4 Å². The quantitative estimate of drug-likeness (QED) is 0.306. The second kappa shape index (κ2) is 7.86. The number of nitrogens with zero attached hydrogens (tertiary/aromatic N) is 2. The number of hydrogen-bond donors (Lipinski definition) is 0. The van der Waals surface area contributed by atoms with Crippen molar-refractivity contribution in [1.29, 1.82) is 0 Å². The van der Waals surface area contributed by atoms with Gasteiger partial charge in [0.25, 0.3) is 5.69 Å². The van der Waals surface area contributed by atoms with Crippen LogP contribution in [0.25, 0.3) is 0 Å². The molecule has 0 spiro atoms. The predicted molar refractivity (Wildman–Crippen MR) is 84.8 cm³/mol. The zero-order chi connectivity index (χ0) is 16.0. The Morgan fingerprint density at radius 1 is 1.57 bits per heavy atom. The van der Waals surface area contributed by atoms with Gasteiger partial charge >= 0.3 is 5.43 Å². The van der Waals surface area contributed by atoms with Crippen molar-refractivity contribution in [2.45, 2.75) is 43.1 Å². The number of halogens is 1. The zero-order valence-corrected chi connectivity index (χ0v) is 14.1. The minimum atomic E-state index is -0.812. The fourth-order valence-corrected chi connectivity index (χ4v) is 4.03. The molecule has 1 aromatic heterocycles. The van der Waals surface area contributed by atoms with Crippen LogP contribution in [0.15, 0.2) is 23.4 Å². The largest absolute Gasteiger partial charge is 0.451 e. The second-order valence-electron chi connectivity index (χ2n) is 4.91. The highest BCUT2D eigenvalue weighted by molar-refractivity contribution is 8.77. The molecule has 0 amide bonds. The molecule has 0 radical (unpaired) electrons. The lowest BCUT2D eigenvalue weighted by atomic mass is 10.1. The van der Waals surface area contributed by atoms with Gasteiger partial charge in [-0.15, -0.1) is 0 Å². The van der Waals surface area contributed by atoms with Crippen molar-refractivity contribution in [3.63, 3.8) is 0 Å². The summed E-state index contributed by atoms with van der Waals surface area (Å²) in [6, 6.07) is 3.02.